The lowest BCUT2D eigenvalue weighted by atomic mass is 10.1. The van der Waals surface area contributed by atoms with E-state index in [4.69, 9.17) is 14.2 Å². The summed E-state index contributed by atoms with van der Waals surface area (Å²) in [5, 5.41) is 5.05. The Morgan fingerprint density at radius 2 is 2.03 bits per heavy atom. The zero-order valence-corrected chi connectivity index (χ0v) is 18.6. The van der Waals surface area contributed by atoms with Crippen LogP contribution in [-0.4, -0.2) is 63.5 Å². The minimum absolute atomic E-state index is 0.0160. The van der Waals surface area contributed by atoms with Crippen LogP contribution in [0, 0.1) is 0 Å². The third kappa shape index (κ3) is 7.39. The number of carbonyl (C=O) groups is 1. The smallest absolute Gasteiger partial charge is 0.422 e. The fourth-order valence-corrected chi connectivity index (χ4v) is 4.34. The molecular formula is C22H27F3N2O4S. The first-order chi connectivity index (χ1) is 15.4. The molecule has 176 valence electrons. The molecule has 3 rings (SSSR count). The minimum Gasteiger partial charge on any atom is -0.493 e. The van der Waals surface area contributed by atoms with Gasteiger partial charge in [-0.3, -0.25) is 9.69 Å². The van der Waals surface area contributed by atoms with Crippen molar-refractivity contribution in [3.05, 3.63) is 46.2 Å². The number of hydrogen-bond acceptors (Lipinski definition) is 6. The van der Waals surface area contributed by atoms with E-state index in [1.54, 1.807) is 23.5 Å². The van der Waals surface area contributed by atoms with Crippen molar-refractivity contribution in [1.29, 1.82) is 0 Å². The largest absolute Gasteiger partial charge is 0.493 e. The molecule has 1 aromatic carbocycles. The van der Waals surface area contributed by atoms with Gasteiger partial charge in [-0.1, -0.05) is 12.1 Å². The van der Waals surface area contributed by atoms with Crippen LogP contribution in [0.5, 0.6) is 11.5 Å². The Hall–Kier alpha value is -2.30. The molecule has 0 bridgehead atoms. The van der Waals surface area contributed by atoms with Gasteiger partial charge in [0.25, 0.3) is 0 Å². The molecular weight excluding hydrogens is 445 g/mol. The summed E-state index contributed by atoms with van der Waals surface area (Å²) in [5.74, 6) is 0.135. The first kappa shape index (κ1) is 24.3. The SMILES string of the molecule is COc1cc(CCC(=O)NCC(c2cccs2)N2CCOCC2)ccc1OCC(F)(F)F. The van der Waals surface area contributed by atoms with Crippen LogP contribution in [0.2, 0.25) is 0 Å². The van der Waals surface area contributed by atoms with Gasteiger partial charge in [0.15, 0.2) is 18.1 Å². The lowest BCUT2D eigenvalue weighted by molar-refractivity contribution is -0.153. The number of carbonyl (C=O) groups excluding carboxylic acids is 1. The van der Waals surface area contributed by atoms with Crippen LogP contribution in [0.3, 0.4) is 0 Å². The average molecular weight is 473 g/mol. The number of benzene rings is 1. The molecule has 10 heteroatoms. The van der Waals surface area contributed by atoms with Crippen molar-refractivity contribution in [3.8, 4) is 11.5 Å². The number of amides is 1. The summed E-state index contributed by atoms with van der Waals surface area (Å²) < 4.78 is 52.5. The fourth-order valence-electron chi connectivity index (χ4n) is 3.48. The number of rotatable bonds is 10. The number of alkyl halides is 3. The van der Waals surface area contributed by atoms with Gasteiger partial charge >= 0.3 is 6.18 Å². The number of halogens is 3. The highest BCUT2D eigenvalue weighted by atomic mass is 32.1. The Bertz CT molecular complexity index is 855. The van der Waals surface area contributed by atoms with Gasteiger partial charge in [0, 0.05) is 30.9 Å². The number of methoxy groups -OCH3 is 1. The molecule has 32 heavy (non-hydrogen) atoms. The zero-order valence-electron chi connectivity index (χ0n) is 17.8. The van der Waals surface area contributed by atoms with Crippen LogP contribution in [0.15, 0.2) is 35.7 Å². The van der Waals surface area contributed by atoms with Crippen molar-refractivity contribution >= 4 is 17.2 Å². The van der Waals surface area contributed by atoms with Gasteiger partial charge in [-0.15, -0.1) is 11.3 Å². The van der Waals surface area contributed by atoms with Crippen LogP contribution < -0.4 is 14.8 Å². The topological polar surface area (TPSA) is 60.0 Å². The van der Waals surface area contributed by atoms with E-state index in [0.29, 0.717) is 26.2 Å². The molecule has 2 heterocycles. The Morgan fingerprint density at radius 3 is 2.69 bits per heavy atom. The highest BCUT2D eigenvalue weighted by Gasteiger charge is 2.29. The molecule has 0 spiro atoms. The highest BCUT2D eigenvalue weighted by molar-refractivity contribution is 7.10. The number of thiophene rings is 1. The third-order valence-corrected chi connectivity index (χ3v) is 6.08. The van der Waals surface area contributed by atoms with Gasteiger partial charge in [-0.25, -0.2) is 0 Å². The molecule has 1 unspecified atom stereocenters. The van der Waals surface area contributed by atoms with E-state index in [9.17, 15) is 18.0 Å². The van der Waals surface area contributed by atoms with Crippen LogP contribution >= 0.6 is 11.3 Å². The molecule has 1 saturated heterocycles. The normalized spacial score (nSPS) is 15.9. The van der Waals surface area contributed by atoms with Crippen molar-refractivity contribution in [3.63, 3.8) is 0 Å². The van der Waals surface area contributed by atoms with Crippen molar-refractivity contribution < 1.29 is 32.2 Å². The van der Waals surface area contributed by atoms with Gasteiger partial charge in [0.1, 0.15) is 0 Å². The molecule has 1 atom stereocenters. The summed E-state index contributed by atoms with van der Waals surface area (Å²) in [6.07, 6.45) is -3.74. The number of morpholine rings is 1. The monoisotopic (exact) mass is 472 g/mol. The van der Waals surface area contributed by atoms with E-state index < -0.39 is 12.8 Å². The molecule has 6 nitrogen and oxygen atoms in total. The van der Waals surface area contributed by atoms with Crippen molar-refractivity contribution in [2.45, 2.75) is 25.1 Å². The predicted octanol–water partition coefficient (Wildman–Crippen LogP) is 3.82. The zero-order chi connectivity index (χ0) is 23.0. The summed E-state index contributed by atoms with van der Waals surface area (Å²) in [5.41, 5.74) is 0.777. The van der Waals surface area contributed by atoms with Crippen molar-refractivity contribution in [2.75, 3.05) is 46.6 Å². The Labute approximate surface area is 189 Å². The third-order valence-electron chi connectivity index (χ3n) is 5.11. The van der Waals surface area contributed by atoms with Crippen molar-refractivity contribution in [2.24, 2.45) is 0 Å². The molecule has 1 fully saturated rings. The number of hydrogen-bond donors (Lipinski definition) is 1. The Balaban J connectivity index is 1.52. The summed E-state index contributed by atoms with van der Waals surface area (Å²) in [6.45, 7) is 2.12. The first-order valence-electron chi connectivity index (χ1n) is 10.3. The molecule has 2 aromatic rings. The fraction of sp³-hybridized carbons (Fsp3) is 0.500. The van der Waals surface area contributed by atoms with Crippen LogP contribution in [-0.2, 0) is 16.0 Å². The van der Waals surface area contributed by atoms with E-state index in [0.717, 1.165) is 18.7 Å². The second-order valence-electron chi connectivity index (χ2n) is 7.37. The summed E-state index contributed by atoms with van der Waals surface area (Å²) >= 11 is 1.67. The van der Waals surface area contributed by atoms with E-state index in [2.05, 4.69) is 16.3 Å². The van der Waals surface area contributed by atoms with Crippen molar-refractivity contribution in [1.82, 2.24) is 10.2 Å². The van der Waals surface area contributed by atoms with E-state index in [-0.39, 0.29) is 29.9 Å². The maximum Gasteiger partial charge on any atom is 0.422 e. The van der Waals surface area contributed by atoms with Gasteiger partial charge in [-0.05, 0) is 35.6 Å². The standard InChI is InChI=1S/C22H27F3N2O4S/c1-29-19-13-16(4-6-18(19)31-15-22(23,24)25)5-7-21(28)26-14-17(20-3-2-12-32-20)27-8-10-30-11-9-27/h2-4,6,12-13,17H,5,7-11,14-15H2,1H3,(H,26,28). The van der Waals surface area contributed by atoms with E-state index in [1.807, 2.05) is 11.4 Å². The summed E-state index contributed by atoms with van der Waals surface area (Å²) in [7, 11) is 1.36. The maximum absolute atomic E-state index is 12.5. The Kier molecular flexibility index (Phi) is 8.77. The number of nitrogens with zero attached hydrogens (tertiary/aromatic N) is 1. The summed E-state index contributed by atoms with van der Waals surface area (Å²) in [6, 6.07) is 8.86. The average Bonchev–Trinajstić information content (AvgIpc) is 3.31. The lowest BCUT2D eigenvalue weighted by Crippen LogP contribution is -2.43. The molecule has 1 N–H and O–H groups in total. The Morgan fingerprint density at radius 1 is 1.25 bits per heavy atom. The van der Waals surface area contributed by atoms with Crippen LogP contribution in [0.4, 0.5) is 13.2 Å². The molecule has 1 aromatic heterocycles. The van der Waals surface area contributed by atoms with Gasteiger partial charge in [-0.2, -0.15) is 13.2 Å². The minimum atomic E-state index is -4.43. The second-order valence-corrected chi connectivity index (χ2v) is 8.35. The lowest BCUT2D eigenvalue weighted by Gasteiger charge is -2.34. The van der Waals surface area contributed by atoms with Gasteiger partial charge in [0.05, 0.1) is 26.4 Å². The van der Waals surface area contributed by atoms with E-state index in [1.165, 1.54) is 18.1 Å². The number of ether oxygens (including phenoxy) is 3. The molecule has 1 aliphatic heterocycles. The van der Waals surface area contributed by atoms with Crippen LogP contribution in [0.25, 0.3) is 0 Å². The number of aryl methyl sites for hydroxylation is 1. The number of nitrogens with one attached hydrogen (secondary N) is 1. The van der Waals surface area contributed by atoms with E-state index >= 15 is 0 Å². The molecule has 1 aliphatic rings. The summed E-state index contributed by atoms with van der Waals surface area (Å²) in [4.78, 5) is 16.0. The van der Waals surface area contributed by atoms with Crippen LogP contribution in [0.1, 0.15) is 22.9 Å². The molecule has 1 amide bonds. The maximum atomic E-state index is 12.5. The second kappa shape index (κ2) is 11.5. The van der Waals surface area contributed by atoms with Gasteiger partial charge < -0.3 is 19.5 Å². The van der Waals surface area contributed by atoms with Gasteiger partial charge in [0.2, 0.25) is 5.91 Å². The first-order valence-corrected chi connectivity index (χ1v) is 11.2. The quantitative estimate of drug-likeness (QED) is 0.570. The molecule has 0 saturated carbocycles. The molecule has 0 aliphatic carbocycles. The highest BCUT2D eigenvalue weighted by Crippen LogP contribution is 2.30. The predicted molar refractivity (Wildman–Crippen MR) is 115 cm³/mol. The molecule has 0 radical (unpaired) electrons.